The molecule has 0 radical (unpaired) electrons. The molecule has 3 aromatic rings. The van der Waals surface area contributed by atoms with Gasteiger partial charge in [0.25, 0.3) is 0 Å². The Morgan fingerprint density at radius 3 is 2.33 bits per heavy atom. The van der Waals surface area contributed by atoms with Crippen molar-refractivity contribution in [1.82, 2.24) is 0 Å². The zero-order valence-electron chi connectivity index (χ0n) is 13.9. The summed E-state index contributed by atoms with van der Waals surface area (Å²) in [5, 5.41) is 2.46. The number of fused-ring (bicyclic) bond motifs is 1. The molecule has 0 aliphatic rings. The van der Waals surface area contributed by atoms with Crippen LogP contribution in [0.2, 0.25) is 0 Å². The molecule has 0 fully saturated rings. The molecule has 0 unspecified atom stereocenters. The van der Waals surface area contributed by atoms with E-state index in [0.717, 1.165) is 17.1 Å². The molecule has 24 heavy (non-hydrogen) atoms. The largest absolute Gasteiger partial charge is 0.310 e. The number of allylic oxidation sites excluding steroid dienone is 4. The molecule has 0 aromatic heterocycles. The van der Waals surface area contributed by atoms with E-state index in [9.17, 15) is 0 Å². The molecule has 0 spiro atoms. The molecule has 1 heteroatoms. The smallest absolute Gasteiger partial charge is 0.0540 e. The lowest BCUT2D eigenvalue weighted by Gasteiger charge is -2.27. The lowest BCUT2D eigenvalue weighted by Crippen LogP contribution is -2.15. The predicted octanol–water partition coefficient (Wildman–Crippen LogP) is 6.62. The quantitative estimate of drug-likeness (QED) is 0.478. The maximum atomic E-state index is 3.88. The number of hydrogen-bond acceptors (Lipinski definition) is 1. The average molecular weight is 311 g/mol. The fourth-order valence-electron chi connectivity index (χ4n) is 2.90. The van der Waals surface area contributed by atoms with E-state index < -0.39 is 0 Å². The van der Waals surface area contributed by atoms with Crippen LogP contribution >= 0.6 is 0 Å². The van der Waals surface area contributed by atoms with Gasteiger partial charge in [-0.05, 0) is 42.7 Å². The maximum absolute atomic E-state index is 3.88. The predicted molar refractivity (Wildman–Crippen MR) is 106 cm³/mol. The second-order valence-electron chi connectivity index (χ2n) is 5.50. The van der Waals surface area contributed by atoms with Gasteiger partial charge in [0.05, 0.1) is 5.69 Å². The number of para-hydroxylation sites is 1. The number of hydrogen-bond donors (Lipinski definition) is 0. The van der Waals surface area contributed by atoms with Crippen LogP contribution in [0.3, 0.4) is 0 Å². The number of nitrogens with zero attached hydrogens (tertiary/aromatic N) is 1. The summed E-state index contributed by atoms with van der Waals surface area (Å²) in [5.41, 5.74) is 3.36. The van der Waals surface area contributed by atoms with E-state index in [1.807, 2.05) is 25.1 Å². The standard InChI is InChI=1S/C23H21N/c1-3-11-20(12-4-2)24(21-15-6-5-7-16-21)23-18-10-14-19-13-8-9-17-22(19)23/h3-18H,1H2,2H3. The Morgan fingerprint density at radius 2 is 1.58 bits per heavy atom. The highest BCUT2D eigenvalue weighted by Gasteiger charge is 2.14. The minimum Gasteiger partial charge on any atom is -0.310 e. The molecule has 1 nitrogen and oxygen atoms in total. The first-order valence-electron chi connectivity index (χ1n) is 8.13. The summed E-state index contributed by atoms with van der Waals surface area (Å²) in [7, 11) is 0. The summed E-state index contributed by atoms with van der Waals surface area (Å²) in [6.07, 6.45) is 8.03. The van der Waals surface area contributed by atoms with Crippen molar-refractivity contribution in [3.05, 3.63) is 109 Å². The molecular weight excluding hydrogens is 290 g/mol. The van der Waals surface area contributed by atoms with Crippen molar-refractivity contribution < 1.29 is 0 Å². The monoisotopic (exact) mass is 311 g/mol. The van der Waals surface area contributed by atoms with E-state index in [4.69, 9.17) is 0 Å². The van der Waals surface area contributed by atoms with E-state index >= 15 is 0 Å². The normalized spacial score (nSPS) is 11.8. The molecule has 0 saturated heterocycles. The Morgan fingerprint density at radius 1 is 0.875 bits per heavy atom. The molecule has 3 aromatic carbocycles. The molecule has 118 valence electrons. The zero-order valence-corrected chi connectivity index (χ0v) is 13.9. The summed E-state index contributed by atoms with van der Waals surface area (Å²) in [6.45, 7) is 5.91. The van der Waals surface area contributed by atoms with Gasteiger partial charge in [0.1, 0.15) is 0 Å². The van der Waals surface area contributed by atoms with E-state index in [1.54, 1.807) is 0 Å². The van der Waals surface area contributed by atoms with Crippen LogP contribution in [0.15, 0.2) is 109 Å². The Balaban J connectivity index is 2.28. The summed E-state index contributed by atoms with van der Waals surface area (Å²) in [4.78, 5) is 2.27. The number of benzene rings is 3. The highest BCUT2D eigenvalue weighted by atomic mass is 15.1. The minimum atomic E-state index is 1.08. The summed E-state index contributed by atoms with van der Waals surface area (Å²) in [6, 6.07) is 25.3. The Bertz CT molecular complexity index is 883. The second-order valence-corrected chi connectivity index (χ2v) is 5.50. The fraction of sp³-hybridized carbons (Fsp3) is 0.0435. The summed E-state index contributed by atoms with van der Waals surface area (Å²) in [5.74, 6) is 0. The Kier molecular flexibility index (Phi) is 4.93. The van der Waals surface area contributed by atoms with Gasteiger partial charge in [-0.2, -0.15) is 0 Å². The first kappa shape index (κ1) is 15.8. The zero-order chi connectivity index (χ0) is 16.8. The molecule has 0 bridgehead atoms. The third-order valence-corrected chi connectivity index (χ3v) is 3.91. The molecule has 0 amide bonds. The van der Waals surface area contributed by atoms with Gasteiger partial charge in [-0.1, -0.05) is 73.3 Å². The summed E-state index contributed by atoms with van der Waals surface area (Å²) >= 11 is 0. The van der Waals surface area contributed by atoms with Crippen molar-refractivity contribution in [3.63, 3.8) is 0 Å². The molecule has 3 rings (SSSR count). The molecule has 0 atom stereocenters. The molecule has 0 aliphatic carbocycles. The second kappa shape index (κ2) is 7.47. The fourth-order valence-corrected chi connectivity index (χ4v) is 2.90. The summed E-state index contributed by atoms with van der Waals surface area (Å²) < 4.78 is 0. The van der Waals surface area contributed by atoms with Crippen molar-refractivity contribution in [2.75, 3.05) is 4.90 Å². The average Bonchev–Trinajstić information content (AvgIpc) is 2.63. The molecular formula is C23H21N. The van der Waals surface area contributed by atoms with Gasteiger partial charge >= 0.3 is 0 Å². The highest BCUT2D eigenvalue weighted by molar-refractivity contribution is 5.97. The highest BCUT2D eigenvalue weighted by Crippen LogP contribution is 2.35. The molecule has 0 aliphatic heterocycles. The SMILES string of the molecule is C=CC=C(C=CC)N(c1ccccc1)c1cccc2ccccc12. The topological polar surface area (TPSA) is 3.24 Å². The first-order valence-corrected chi connectivity index (χ1v) is 8.13. The van der Waals surface area contributed by atoms with Crippen LogP contribution in [-0.4, -0.2) is 0 Å². The minimum absolute atomic E-state index is 1.08. The Labute approximate surface area is 143 Å². The lowest BCUT2D eigenvalue weighted by molar-refractivity contribution is 1.22. The van der Waals surface area contributed by atoms with Crippen LogP contribution in [0.25, 0.3) is 10.8 Å². The molecule has 0 saturated carbocycles. The maximum Gasteiger partial charge on any atom is 0.0540 e. The van der Waals surface area contributed by atoms with Gasteiger partial charge in [-0.15, -0.1) is 0 Å². The van der Waals surface area contributed by atoms with Crippen LogP contribution in [-0.2, 0) is 0 Å². The van der Waals surface area contributed by atoms with Gasteiger partial charge < -0.3 is 4.90 Å². The van der Waals surface area contributed by atoms with Crippen molar-refractivity contribution in [1.29, 1.82) is 0 Å². The molecule has 0 N–H and O–H groups in total. The van der Waals surface area contributed by atoms with E-state index in [0.29, 0.717) is 0 Å². The van der Waals surface area contributed by atoms with Gasteiger partial charge in [0.15, 0.2) is 0 Å². The van der Waals surface area contributed by atoms with Crippen molar-refractivity contribution >= 4 is 22.1 Å². The van der Waals surface area contributed by atoms with E-state index in [-0.39, 0.29) is 0 Å². The van der Waals surface area contributed by atoms with E-state index in [1.165, 1.54) is 10.8 Å². The number of rotatable bonds is 5. The van der Waals surface area contributed by atoms with Gasteiger partial charge in [0, 0.05) is 16.8 Å². The molecule has 0 heterocycles. The van der Waals surface area contributed by atoms with E-state index in [2.05, 4.69) is 90.4 Å². The van der Waals surface area contributed by atoms with Crippen molar-refractivity contribution in [2.45, 2.75) is 6.92 Å². The lowest BCUT2D eigenvalue weighted by atomic mass is 10.1. The van der Waals surface area contributed by atoms with Gasteiger partial charge in [0.2, 0.25) is 0 Å². The van der Waals surface area contributed by atoms with Crippen LogP contribution in [0.1, 0.15) is 6.92 Å². The van der Waals surface area contributed by atoms with Crippen LogP contribution in [0, 0.1) is 0 Å². The third kappa shape index (κ3) is 3.16. The van der Waals surface area contributed by atoms with Gasteiger partial charge in [-0.3, -0.25) is 0 Å². The van der Waals surface area contributed by atoms with Crippen molar-refractivity contribution in [3.8, 4) is 0 Å². The van der Waals surface area contributed by atoms with Crippen LogP contribution < -0.4 is 4.90 Å². The number of anilines is 2. The van der Waals surface area contributed by atoms with Crippen LogP contribution in [0.4, 0.5) is 11.4 Å². The third-order valence-electron chi connectivity index (χ3n) is 3.91. The van der Waals surface area contributed by atoms with Crippen molar-refractivity contribution in [2.24, 2.45) is 0 Å². The van der Waals surface area contributed by atoms with Gasteiger partial charge in [-0.25, -0.2) is 0 Å². The first-order chi connectivity index (χ1) is 11.8. The Hall–Kier alpha value is -3.06. The van der Waals surface area contributed by atoms with Crippen LogP contribution in [0.5, 0.6) is 0 Å².